The maximum absolute atomic E-state index is 13.2. The third kappa shape index (κ3) is 4.75. The molecule has 37 heavy (non-hydrogen) atoms. The monoisotopic (exact) mass is 493 g/mol. The third-order valence-corrected chi connectivity index (χ3v) is 6.73. The molecule has 8 nitrogen and oxygen atoms in total. The van der Waals surface area contributed by atoms with Crippen LogP contribution in [0.3, 0.4) is 0 Å². The van der Waals surface area contributed by atoms with Crippen LogP contribution in [0.15, 0.2) is 82.2 Å². The molecule has 1 fully saturated rings. The summed E-state index contributed by atoms with van der Waals surface area (Å²) in [6, 6.07) is 24.0. The van der Waals surface area contributed by atoms with Gasteiger partial charge in [0.2, 0.25) is 5.89 Å². The molecule has 1 atom stereocenters. The second-order valence-electron chi connectivity index (χ2n) is 9.20. The van der Waals surface area contributed by atoms with Crippen LogP contribution >= 0.6 is 0 Å². The van der Waals surface area contributed by atoms with Crippen molar-refractivity contribution in [2.24, 2.45) is 4.99 Å². The molecule has 6 rings (SSSR count). The number of benzene rings is 3. The van der Waals surface area contributed by atoms with E-state index in [0.717, 1.165) is 59.8 Å². The number of hydrogen-bond acceptors (Lipinski definition) is 8. The highest BCUT2D eigenvalue weighted by Gasteiger charge is 2.27. The number of carbonyl (C=O) groups excluding carboxylic acids is 1. The molecule has 0 radical (unpaired) electrons. The molecule has 1 unspecified atom stereocenters. The Labute approximate surface area is 215 Å². The Balaban J connectivity index is 1.27. The van der Waals surface area contributed by atoms with E-state index in [2.05, 4.69) is 33.4 Å². The summed E-state index contributed by atoms with van der Waals surface area (Å²) in [6.45, 7) is 5.29. The van der Waals surface area contributed by atoms with Crippen molar-refractivity contribution in [3.8, 4) is 11.5 Å². The van der Waals surface area contributed by atoms with Crippen LogP contribution < -0.4 is 10.2 Å². The molecule has 0 bridgehead atoms. The number of hydrogen-bond donors (Lipinski definition) is 1. The van der Waals surface area contributed by atoms with Crippen LogP contribution in [-0.4, -0.2) is 54.2 Å². The number of aliphatic imine (C=N–C) groups is 1. The van der Waals surface area contributed by atoms with Gasteiger partial charge in [0, 0.05) is 41.9 Å². The zero-order chi connectivity index (χ0) is 25.2. The number of nitrogens with zero attached hydrogens (tertiary/aromatic N) is 4. The predicted octanol–water partition coefficient (Wildman–Crippen LogP) is 4.28. The van der Waals surface area contributed by atoms with E-state index in [-0.39, 0.29) is 18.2 Å². The van der Waals surface area contributed by atoms with Crippen LogP contribution in [0.4, 0.5) is 11.7 Å². The lowest BCUT2D eigenvalue weighted by Crippen LogP contribution is -2.36. The van der Waals surface area contributed by atoms with Crippen LogP contribution in [0.1, 0.15) is 22.3 Å². The summed E-state index contributed by atoms with van der Waals surface area (Å²) in [5.41, 5.74) is 6.72. The Kier molecular flexibility index (Phi) is 6.24. The molecule has 2 aliphatic heterocycles. The fourth-order valence-corrected chi connectivity index (χ4v) is 4.86. The summed E-state index contributed by atoms with van der Waals surface area (Å²) >= 11 is 0. The molecular weight excluding hydrogens is 466 g/mol. The number of fused-ring (bicyclic) bond motifs is 1. The molecule has 1 N–H and O–H groups in total. The number of anilines is 2. The van der Waals surface area contributed by atoms with Crippen molar-refractivity contribution < 1.29 is 13.9 Å². The lowest BCUT2D eigenvalue weighted by atomic mass is 9.96. The van der Waals surface area contributed by atoms with Gasteiger partial charge in [-0.25, -0.2) is 0 Å². The van der Waals surface area contributed by atoms with E-state index in [9.17, 15) is 4.79 Å². The smallest absolute Gasteiger partial charge is 0.317 e. The molecule has 0 amide bonds. The van der Waals surface area contributed by atoms with Crippen LogP contribution in [0.2, 0.25) is 0 Å². The summed E-state index contributed by atoms with van der Waals surface area (Å²) in [6.07, 6.45) is -0.585. The molecule has 4 aromatic rings. The Morgan fingerprint density at radius 1 is 0.919 bits per heavy atom. The maximum atomic E-state index is 13.2. The van der Waals surface area contributed by atoms with Crippen molar-refractivity contribution in [1.29, 1.82) is 0 Å². The zero-order valence-corrected chi connectivity index (χ0v) is 20.6. The van der Waals surface area contributed by atoms with E-state index >= 15 is 0 Å². The van der Waals surface area contributed by atoms with Crippen LogP contribution in [0.25, 0.3) is 11.5 Å². The first kappa shape index (κ1) is 23.1. The van der Waals surface area contributed by atoms with Crippen molar-refractivity contribution in [2.75, 3.05) is 36.5 Å². The van der Waals surface area contributed by atoms with E-state index < -0.39 is 6.17 Å². The number of nitrogens with one attached hydrogen (secondary N) is 1. The number of carbonyl (C=O) groups is 1. The van der Waals surface area contributed by atoms with Gasteiger partial charge in [-0.3, -0.25) is 9.79 Å². The number of Topliss-reactive ketones (excluding diaryl/α,β-unsaturated/α-hetero) is 1. The van der Waals surface area contributed by atoms with Gasteiger partial charge in [-0.05, 0) is 36.2 Å². The van der Waals surface area contributed by atoms with E-state index in [0.29, 0.717) is 5.89 Å². The highest BCUT2D eigenvalue weighted by molar-refractivity contribution is 6.16. The fraction of sp³-hybridized carbons (Fsp3) is 0.241. The molecule has 0 saturated carbocycles. The van der Waals surface area contributed by atoms with E-state index in [1.807, 2.05) is 66.7 Å². The predicted molar refractivity (Wildman–Crippen MR) is 142 cm³/mol. The van der Waals surface area contributed by atoms with Gasteiger partial charge in [-0.15, -0.1) is 5.10 Å². The molecule has 186 valence electrons. The van der Waals surface area contributed by atoms with Crippen molar-refractivity contribution >= 4 is 23.2 Å². The molecule has 0 spiro atoms. The highest BCUT2D eigenvalue weighted by Crippen LogP contribution is 2.28. The molecule has 1 saturated heterocycles. The number of aromatic nitrogens is 2. The average Bonchev–Trinajstić information content (AvgIpc) is 3.35. The molecule has 8 heteroatoms. The third-order valence-electron chi connectivity index (χ3n) is 6.73. The van der Waals surface area contributed by atoms with Crippen molar-refractivity contribution in [1.82, 2.24) is 10.2 Å². The van der Waals surface area contributed by atoms with Crippen molar-refractivity contribution in [3.63, 3.8) is 0 Å². The quantitative estimate of drug-likeness (QED) is 0.444. The lowest BCUT2D eigenvalue weighted by Gasteiger charge is -2.30. The minimum Gasteiger partial charge on any atom is -0.403 e. The summed E-state index contributed by atoms with van der Waals surface area (Å²) in [7, 11) is 0. The summed E-state index contributed by atoms with van der Waals surface area (Å²) in [5, 5.41) is 11.5. The standard InChI is InChI=1S/C29H27N5O3/c1-19-17-22(11-12-24(19)34-13-15-36-16-14-34)28-32-33-29(37-28)31-27-25(35)18-21-9-5-6-10-23(21)26(30-27)20-7-3-2-4-8-20/h2-12,17,27H,13-16,18H2,1H3,(H,31,33). The van der Waals surface area contributed by atoms with Crippen molar-refractivity contribution in [2.45, 2.75) is 19.5 Å². The number of ketones is 1. The second-order valence-corrected chi connectivity index (χ2v) is 9.20. The van der Waals surface area contributed by atoms with Gasteiger partial charge in [0.15, 0.2) is 11.9 Å². The Hall–Kier alpha value is -4.30. The SMILES string of the molecule is Cc1cc(-c2nnc(NC3N=C(c4ccccc4)c4ccccc4CC3=O)o2)ccc1N1CCOCC1. The van der Waals surface area contributed by atoms with Gasteiger partial charge in [-0.2, -0.15) is 0 Å². The molecule has 3 heterocycles. The molecular formula is C29H27N5O3. The normalized spacial score (nSPS) is 17.6. The fourth-order valence-electron chi connectivity index (χ4n) is 4.86. The number of aryl methyl sites for hydroxylation is 1. The summed E-state index contributed by atoms with van der Waals surface area (Å²) in [4.78, 5) is 20.4. The Bertz CT molecular complexity index is 1460. The first-order valence-corrected chi connectivity index (χ1v) is 12.4. The van der Waals surface area contributed by atoms with E-state index in [1.54, 1.807) is 0 Å². The van der Waals surface area contributed by atoms with Gasteiger partial charge in [-0.1, -0.05) is 59.7 Å². The molecule has 2 aliphatic rings. The minimum atomic E-state index is -0.846. The van der Waals surface area contributed by atoms with Gasteiger partial charge < -0.3 is 19.4 Å². The highest BCUT2D eigenvalue weighted by atomic mass is 16.5. The van der Waals surface area contributed by atoms with Crippen LogP contribution in [0.5, 0.6) is 0 Å². The van der Waals surface area contributed by atoms with Crippen LogP contribution in [-0.2, 0) is 16.0 Å². The second kappa shape index (κ2) is 9.99. The van der Waals surface area contributed by atoms with Gasteiger partial charge in [0.25, 0.3) is 0 Å². The molecule has 3 aromatic carbocycles. The molecule has 1 aromatic heterocycles. The van der Waals surface area contributed by atoms with Crippen LogP contribution in [0, 0.1) is 6.92 Å². The van der Waals surface area contributed by atoms with Crippen molar-refractivity contribution in [3.05, 3.63) is 95.1 Å². The van der Waals surface area contributed by atoms with E-state index in [1.165, 1.54) is 5.69 Å². The summed E-state index contributed by atoms with van der Waals surface area (Å²) in [5.74, 6) is 0.319. The number of rotatable bonds is 5. The Morgan fingerprint density at radius 2 is 1.70 bits per heavy atom. The largest absolute Gasteiger partial charge is 0.403 e. The first-order chi connectivity index (χ1) is 18.2. The average molecular weight is 494 g/mol. The Morgan fingerprint density at radius 3 is 2.51 bits per heavy atom. The topological polar surface area (TPSA) is 92.9 Å². The lowest BCUT2D eigenvalue weighted by molar-refractivity contribution is -0.119. The molecule has 0 aliphatic carbocycles. The van der Waals surface area contributed by atoms with Gasteiger partial charge in [0.1, 0.15) is 0 Å². The summed E-state index contributed by atoms with van der Waals surface area (Å²) < 4.78 is 11.4. The number of ether oxygens (including phenoxy) is 1. The number of morpholine rings is 1. The van der Waals surface area contributed by atoms with Gasteiger partial charge >= 0.3 is 6.01 Å². The zero-order valence-electron chi connectivity index (χ0n) is 20.6. The van der Waals surface area contributed by atoms with E-state index in [4.69, 9.17) is 14.1 Å². The van der Waals surface area contributed by atoms with Gasteiger partial charge in [0.05, 0.1) is 18.9 Å². The maximum Gasteiger partial charge on any atom is 0.317 e. The first-order valence-electron chi connectivity index (χ1n) is 12.4. The minimum absolute atomic E-state index is 0.0659.